The van der Waals surface area contributed by atoms with Crippen LogP contribution in [0.2, 0.25) is 0 Å². The summed E-state index contributed by atoms with van der Waals surface area (Å²) < 4.78 is 0. The number of amides is 1. The number of hydrogen-bond acceptors (Lipinski definition) is 2. The molecule has 2 aromatic carbocycles. The van der Waals surface area contributed by atoms with E-state index in [0.29, 0.717) is 6.42 Å². The van der Waals surface area contributed by atoms with Crippen LogP contribution in [-0.4, -0.2) is 16.6 Å². The molecule has 118 valence electrons. The Morgan fingerprint density at radius 3 is 2.04 bits per heavy atom. The fraction of sp³-hybridized carbons (Fsp3) is 0.143. The summed E-state index contributed by atoms with van der Waals surface area (Å²) in [6, 6.07) is 19.5. The quantitative estimate of drug-likeness (QED) is 0.811. The minimum atomic E-state index is -0.410. The molecule has 4 rings (SSSR count). The first kappa shape index (κ1) is 14.6. The van der Waals surface area contributed by atoms with Crippen LogP contribution in [0.1, 0.15) is 23.6 Å². The molecule has 24 heavy (non-hydrogen) atoms. The topological polar surface area (TPSA) is 37.4 Å². The fourth-order valence-electron chi connectivity index (χ4n) is 3.52. The van der Waals surface area contributed by atoms with E-state index in [4.69, 9.17) is 0 Å². The van der Waals surface area contributed by atoms with Crippen LogP contribution in [0.4, 0.5) is 0 Å². The number of benzene rings is 2. The second kappa shape index (κ2) is 5.93. The maximum atomic E-state index is 12.8. The standard InChI is InChI=1S/C21H17NO2/c23-20-17-13-7-8-14-18(17)22(21(20)24)19(15-9-3-1-4-10-15)16-11-5-2-6-12-16/h1-12,14,17,19H,13H2. The van der Waals surface area contributed by atoms with Gasteiger partial charge in [-0.05, 0) is 23.6 Å². The molecule has 1 aliphatic heterocycles. The van der Waals surface area contributed by atoms with E-state index in [9.17, 15) is 9.59 Å². The van der Waals surface area contributed by atoms with Gasteiger partial charge in [0.2, 0.25) is 5.78 Å². The Bertz CT molecular complexity index is 797. The van der Waals surface area contributed by atoms with Crippen LogP contribution in [0.5, 0.6) is 0 Å². The van der Waals surface area contributed by atoms with Gasteiger partial charge >= 0.3 is 0 Å². The van der Waals surface area contributed by atoms with Gasteiger partial charge in [0, 0.05) is 5.70 Å². The third-order valence-electron chi connectivity index (χ3n) is 4.64. The number of carbonyl (C=O) groups excluding carboxylic acids is 2. The molecule has 2 aromatic rings. The first-order valence-corrected chi connectivity index (χ1v) is 8.11. The minimum Gasteiger partial charge on any atom is -0.297 e. The lowest BCUT2D eigenvalue weighted by Crippen LogP contribution is -2.31. The molecule has 1 fully saturated rings. The van der Waals surface area contributed by atoms with Crippen molar-refractivity contribution < 1.29 is 9.59 Å². The van der Waals surface area contributed by atoms with Crippen molar-refractivity contribution in [1.82, 2.24) is 4.90 Å². The molecule has 1 atom stereocenters. The molecule has 1 unspecified atom stereocenters. The molecule has 0 aromatic heterocycles. The lowest BCUT2D eigenvalue weighted by molar-refractivity contribution is -0.141. The first-order valence-electron chi connectivity index (χ1n) is 8.11. The molecular formula is C21H17NO2. The molecule has 3 nitrogen and oxygen atoms in total. The van der Waals surface area contributed by atoms with Crippen LogP contribution in [0.15, 0.2) is 84.6 Å². The molecule has 0 N–H and O–H groups in total. The number of nitrogens with zero attached hydrogens (tertiary/aromatic N) is 1. The van der Waals surface area contributed by atoms with E-state index in [1.54, 1.807) is 4.90 Å². The highest BCUT2D eigenvalue weighted by molar-refractivity contribution is 6.40. The number of Topliss-reactive ketones (excluding diaryl/α,β-unsaturated/α-hetero) is 1. The van der Waals surface area contributed by atoms with Gasteiger partial charge in [-0.2, -0.15) is 0 Å². The Morgan fingerprint density at radius 2 is 1.46 bits per heavy atom. The molecule has 0 bridgehead atoms. The number of rotatable bonds is 3. The van der Waals surface area contributed by atoms with E-state index in [2.05, 4.69) is 0 Å². The van der Waals surface area contributed by atoms with E-state index in [0.717, 1.165) is 16.8 Å². The first-order chi connectivity index (χ1) is 11.8. The largest absolute Gasteiger partial charge is 0.297 e. The summed E-state index contributed by atoms with van der Waals surface area (Å²) in [4.78, 5) is 26.9. The lowest BCUT2D eigenvalue weighted by atomic mass is 9.94. The maximum absolute atomic E-state index is 12.8. The third kappa shape index (κ3) is 2.29. The van der Waals surface area contributed by atoms with Crippen LogP contribution in [0.25, 0.3) is 0 Å². The van der Waals surface area contributed by atoms with E-state index < -0.39 is 5.91 Å². The van der Waals surface area contributed by atoms with Gasteiger partial charge in [-0.25, -0.2) is 0 Å². The van der Waals surface area contributed by atoms with Gasteiger partial charge in [0.25, 0.3) is 5.91 Å². The predicted molar refractivity (Wildman–Crippen MR) is 91.9 cm³/mol. The second-order valence-electron chi connectivity index (χ2n) is 6.07. The van der Waals surface area contributed by atoms with Gasteiger partial charge in [0.05, 0.1) is 12.0 Å². The Hall–Kier alpha value is -2.94. The van der Waals surface area contributed by atoms with Crippen LogP contribution in [-0.2, 0) is 9.59 Å². The van der Waals surface area contributed by atoms with Gasteiger partial charge in [0.15, 0.2) is 0 Å². The summed E-state index contributed by atoms with van der Waals surface area (Å²) in [6.45, 7) is 0. The second-order valence-corrected chi connectivity index (χ2v) is 6.07. The van der Waals surface area contributed by atoms with Gasteiger partial charge in [-0.15, -0.1) is 0 Å². The molecule has 2 aliphatic rings. The van der Waals surface area contributed by atoms with Crippen molar-refractivity contribution in [3.8, 4) is 0 Å². The van der Waals surface area contributed by atoms with Gasteiger partial charge in [-0.1, -0.05) is 72.8 Å². The number of allylic oxidation sites excluding steroid dienone is 4. The summed E-state index contributed by atoms with van der Waals surface area (Å²) >= 11 is 0. The van der Waals surface area contributed by atoms with Gasteiger partial charge < -0.3 is 0 Å². The van der Waals surface area contributed by atoms with Crippen molar-refractivity contribution in [1.29, 1.82) is 0 Å². The summed E-state index contributed by atoms with van der Waals surface area (Å²) in [6.07, 6.45) is 6.37. The highest BCUT2D eigenvalue weighted by Gasteiger charge is 2.46. The highest BCUT2D eigenvalue weighted by atomic mass is 16.2. The zero-order valence-corrected chi connectivity index (χ0v) is 13.1. The molecule has 0 spiro atoms. The van der Waals surface area contributed by atoms with Crippen molar-refractivity contribution in [2.45, 2.75) is 12.5 Å². The van der Waals surface area contributed by atoms with Crippen molar-refractivity contribution >= 4 is 11.7 Å². The average molecular weight is 315 g/mol. The normalized spacial score (nSPS) is 19.6. The molecule has 3 heteroatoms. The zero-order valence-electron chi connectivity index (χ0n) is 13.1. The zero-order chi connectivity index (χ0) is 16.5. The Labute approximate surface area is 140 Å². The number of hydrogen-bond donors (Lipinski definition) is 0. The maximum Gasteiger partial charge on any atom is 0.295 e. The Morgan fingerprint density at radius 1 is 0.875 bits per heavy atom. The van der Waals surface area contributed by atoms with Crippen molar-refractivity contribution in [3.05, 3.63) is 95.7 Å². The van der Waals surface area contributed by atoms with Crippen LogP contribution >= 0.6 is 0 Å². The van der Waals surface area contributed by atoms with Crippen molar-refractivity contribution in [2.24, 2.45) is 5.92 Å². The fourth-order valence-corrected chi connectivity index (χ4v) is 3.52. The monoisotopic (exact) mass is 315 g/mol. The van der Waals surface area contributed by atoms with Crippen LogP contribution < -0.4 is 0 Å². The number of ketones is 1. The van der Waals surface area contributed by atoms with Gasteiger partial charge in [-0.3, -0.25) is 14.5 Å². The summed E-state index contributed by atoms with van der Waals surface area (Å²) in [5, 5.41) is 0. The molecular weight excluding hydrogens is 298 g/mol. The van der Waals surface area contributed by atoms with Crippen LogP contribution in [0, 0.1) is 5.92 Å². The summed E-state index contributed by atoms with van der Waals surface area (Å²) in [5.41, 5.74) is 2.81. The molecule has 0 saturated carbocycles. The molecule has 1 aliphatic carbocycles. The molecule has 1 amide bonds. The number of likely N-dealkylation sites (tertiary alicyclic amines) is 1. The number of carbonyl (C=O) groups is 2. The smallest absolute Gasteiger partial charge is 0.295 e. The Kier molecular flexibility index (Phi) is 3.62. The van der Waals surface area contributed by atoms with Crippen molar-refractivity contribution in [3.63, 3.8) is 0 Å². The molecule has 1 saturated heterocycles. The average Bonchev–Trinajstić information content (AvgIpc) is 2.90. The van der Waals surface area contributed by atoms with Crippen molar-refractivity contribution in [2.75, 3.05) is 0 Å². The summed E-state index contributed by atoms with van der Waals surface area (Å²) in [5.74, 6) is -1.05. The Balaban J connectivity index is 1.88. The summed E-state index contributed by atoms with van der Waals surface area (Å²) in [7, 11) is 0. The SMILES string of the molecule is O=C1C(=O)N(C(c2ccccc2)c2ccccc2)C2=CC=CCC12. The lowest BCUT2D eigenvalue weighted by Gasteiger charge is -2.30. The van der Waals surface area contributed by atoms with E-state index in [1.165, 1.54) is 0 Å². The molecule has 0 radical (unpaired) electrons. The highest BCUT2D eigenvalue weighted by Crippen LogP contribution is 2.41. The third-order valence-corrected chi connectivity index (χ3v) is 4.64. The van der Waals surface area contributed by atoms with Crippen LogP contribution in [0.3, 0.4) is 0 Å². The number of fused-ring (bicyclic) bond motifs is 1. The van der Waals surface area contributed by atoms with E-state index >= 15 is 0 Å². The van der Waals surface area contributed by atoms with E-state index in [-0.39, 0.29) is 17.7 Å². The molecule has 1 heterocycles. The van der Waals surface area contributed by atoms with E-state index in [1.807, 2.05) is 78.9 Å². The van der Waals surface area contributed by atoms with Gasteiger partial charge in [0.1, 0.15) is 0 Å². The minimum absolute atomic E-state index is 0.286. The predicted octanol–water partition coefficient (Wildman–Crippen LogP) is 3.65.